The van der Waals surface area contributed by atoms with E-state index in [4.69, 9.17) is 4.42 Å². The summed E-state index contributed by atoms with van der Waals surface area (Å²) in [6.45, 7) is 2.69. The van der Waals surface area contributed by atoms with Gasteiger partial charge in [-0.15, -0.1) is 0 Å². The van der Waals surface area contributed by atoms with Crippen molar-refractivity contribution in [3.8, 4) is 0 Å². The molecule has 1 atom stereocenters. The number of rotatable bonds is 3. The Morgan fingerprint density at radius 1 is 1.07 bits per heavy atom. The first-order chi connectivity index (χ1) is 13.6. The minimum Gasteiger partial charge on any atom is -0.423 e. The quantitative estimate of drug-likeness (QED) is 0.691. The maximum atomic E-state index is 13.3. The lowest BCUT2D eigenvalue weighted by molar-refractivity contribution is -0.145. The molecule has 3 heterocycles. The number of hydrogen-bond acceptors (Lipinski definition) is 4. The molecule has 2 saturated heterocycles. The molecule has 2 aliphatic rings. The molecule has 0 N–H and O–H groups in total. The van der Waals surface area contributed by atoms with Gasteiger partial charge in [-0.05, 0) is 49.1 Å². The molecule has 0 saturated carbocycles. The number of para-hydroxylation sites is 2. The van der Waals surface area contributed by atoms with Gasteiger partial charge in [-0.25, -0.2) is 4.39 Å². The number of likely N-dealkylation sites (tertiary alicyclic amines) is 1. The van der Waals surface area contributed by atoms with Crippen LogP contribution in [0.2, 0.25) is 0 Å². The zero-order valence-electron chi connectivity index (χ0n) is 15.6. The largest absolute Gasteiger partial charge is 0.423 e. The highest BCUT2D eigenvalue weighted by Crippen LogP contribution is 2.42. The lowest BCUT2D eigenvalue weighted by Gasteiger charge is -2.39. The van der Waals surface area contributed by atoms with Gasteiger partial charge in [0.05, 0.1) is 5.41 Å². The second-order valence-electron chi connectivity index (χ2n) is 7.87. The molecule has 0 radical (unpaired) electrons. The zero-order valence-corrected chi connectivity index (χ0v) is 15.6. The fourth-order valence-corrected chi connectivity index (χ4v) is 4.52. The number of nitrogens with zero attached hydrogens (tertiary/aromatic N) is 3. The first kappa shape index (κ1) is 17.2. The molecule has 1 spiro atoms. The van der Waals surface area contributed by atoms with Crippen molar-refractivity contribution in [2.75, 3.05) is 24.5 Å². The molecule has 0 bridgehead atoms. The third-order valence-corrected chi connectivity index (χ3v) is 6.02. The van der Waals surface area contributed by atoms with E-state index in [2.05, 4.69) is 9.88 Å². The topological polar surface area (TPSA) is 49.6 Å². The van der Waals surface area contributed by atoms with Crippen LogP contribution in [0.25, 0.3) is 11.1 Å². The SMILES string of the molecule is O=C1N(Cc2ccc(F)cc2)CCC[C@@]12CCN(c1nc3ccccc3o1)C2. The highest BCUT2D eigenvalue weighted by Gasteiger charge is 2.49. The van der Waals surface area contributed by atoms with Gasteiger partial charge in [0, 0.05) is 26.2 Å². The Labute approximate surface area is 162 Å². The fourth-order valence-electron chi connectivity index (χ4n) is 4.52. The van der Waals surface area contributed by atoms with Gasteiger partial charge >= 0.3 is 0 Å². The Kier molecular flexibility index (Phi) is 4.07. The third kappa shape index (κ3) is 2.93. The molecule has 1 amide bonds. The van der Waals surface area contributed by atoms with Gasteiger partial charge < -0.3 is 14.2 Å². The monoisotopic (exact) mass is 379 g/mol. The van der Waals surface area contributed by atoms with E-state index in [1.807, 2.05) is 29.2 Å². The van der Waals surface area contributed by atoms with Crippen LogP contribution in [0.4, 0.5) is 10.4 Å². The molecule has 2 aromatic carbocycles. The number of carbonyl (C=O) groups is 1. The second kappa shape index (κ2) is 6.62. The molecule has 6 heteroatoms. The Morgan fingerprint density at radius 3 is 2.71 bits per heavy atom. The normalized spacial score (nSPS) is 22.5. The summed E-state index contributed by atoms with van der Waals surface area (Å²) in [6.07, 6.45) is 2.68. The molecular weight excluding hydrogens is 357 g/mol. The van der Waals surface area contributed by atoms with Gasteiger partial charge in [0.1, 0.15) is 11.3 Å². The van der Waals surface area contributed by atoms with E-state index in [0.717, 1.165) is 49.0 Å². The van der Waals surface area contributed by atoms with Gasteiger partial charge in [0.2, 0.25) is 5.91 Å². The van der Waals surface area contributed by atoms with Gasteiger partial charge in [0.25, 0.3) is 6.01 Å². The molecule has 2 aliphatic heterocycles. The Balaban J connectivity index is 1.34. The van der Waals surface area contributed by atoms with Crippen LogP contribution in [0.15, 0.2) is 52.9 Å². The predicted octanol–water partition coefficient (Wildman–Crippen LogP) is 3.99. The van der Waals surface area contributed by atoms with Crippen LogP contribution >= 0.6 is 0 Å². The molecular formula is C22H22FN3O2. The van der Waals surface area contributed by atoms with Crippen molar-refractivity contribution in [2.24, 2.45) is 5.41 Å². The highest BCUT2D eigenvalue weighted by atomic mass is 19.1. The summed E-state index contributed by atoms with van der Waals surface area (Å²) in [5.74, 6) is -0.0587. The number of hydrogen-bond donors (Lipinski definition) is 0. The molecule has 3 aromatic rings. The van der Waals surface area contributed by atoms with Crippen molar-refractivity contribution in [1.82, 2.24) is 9.88 Å². The number of oxazole rings is 1. The summed E-state index contributed by atoms with van der Waals surface area (Å²) < 4.78 is 19.1. The molecule has 1 aromatic heterocycles. The van der Waals surface area contributed by atoms with Crippen LogP contribution in [0.5, 0.6) is 0 Å². The minimum atomic E-state index is -0.376. The molecule has 28 heavy (non-hydrogen) atoms. The van der Waals surface area contributed by atoms with Crippen LogP contribution in [-0.4, -0.2) is 35.4 Å². The van der Waals surface area contributed by atoms with Gasteiger partial charge in [-0.1, -0.05) is 24.3 Å². The third-order valence-electron chi connectivity index (χ3n) is 6.02. The fraction of sp³-hybridized carbons (Fsp3) is 0.364. The summed E-state index contributed by atoms with van der Waals surface area (Å²) in [4.78, 5) is 22.0. The van der Waals surface area contributed by atoms with Crippen molar-refractivity contribution in [3.05, 3.63) is 59.9 Å². The smallest absolute Gasteiger partial charge is 0.298 e. The lowest BCUT2D eigenvalue weighted by Crippen LogP contribution is -2.49. The Hall–Kier alpha value is -2.89. The molecule has 0 unspecified atom stereocenters. The van der Waals surface area contributed by atoms with E-state index in [1.165, 1.54) is 12.1 Å². The Morgan fingerprint density at radius 2 is 1.89 bits per heavy atom. The van der Waals surface area contributed by atoms with Crippen LogP contribution < -0.4 is 4.90 Å². The van der Waals surface area contributed by atoms with Gasteiger partial charge in [-0.2, -0.15) is 4.98 Å². The first-order valence-corrected chi connectivity index (χ1v) is 9.77. The molecule has 5 nitrogen and oxygen atoms in total. The number of amides is 1. The first-order valence-electron chi connectivity index (χ1n) is 9.77. The van der Waals surface area contributed by atoms with Crippen molar-refractivity contribution >= 4 is 23.0 Å². The number of halogens is 1. The van der Waals surface area contributed by atoms with Crippen molar-refractivity contribution < 1.29 is 13.6 Å². The maximum Gasteiger partial charge on any atom is 0.298 e. The van der Waals surface area contributed by atoms with E-state index in [0.29, 0.717) is 19.1 Å². The number of aromatic nitrogens is 1. The summed E-state index contributed by atoms with van der Waals surface area (Å²) in [7, 11) is 0. The van der Waals surface area contributed by atoms with Crippen LogP contribution in [0.3, 0.4) is 0 Å². The van der Waals surface area contributed by atoms with Crippen molar-refractivity contribution in [1.29, 1.82) is 0 Å². The van der Waals surface area contributed by atoms with E-state index in [1.54, 1.807) is 12.1 Å². The highest BCUT2D eigenvalue weighted by molar-refractivity contribution is 5.85. The number of benzene rings is 2. The Bertz CT molecular complexity index is 983. The maximum absolute atomic E-state index is 13.3. The predicted molar refractivity (Wildman–Crippen MR) is 104 cm³/mol. The standard InChI is InChI=1S/C22H22FN3O2/c23-17-8-6-16(7-9-17)14-25-12-3-10-22(20(25)27)11-13-26(15-22)21-24-18-4-1-2-5-19(18)28-21/h1-2,4-9H,3,10-15H2/t22-/m0/s1. The van der Waals surface area contributed by atoms with Gasteiger partial charge in [0.15, 0.2) is 5.58 Å². The molecule has 5 rings (SSSR count). The summed E-state index contributed by atoms with van der Waals surface area (Å²) in [6, 6.07) is 14.7. The van der Waals surface area contributed by atoms with E-state index >= 15 is 0 Å². The van der Waals surface area contributed by atoms with E-state index in [9.17, 15) is 9.18 Å². The number of fused-ring (bicyclic) bond motifs is 1. The molecule has 144 valence electrons. The average Bonchev–Trinajstić information content (AvgIpc) is 3.32. The van der Waals surface area contributed by atoms with Crippen LogP contribution in [-0.2, 0) is 11.3 Å². The molecule has 0 aliphatic carbocycles. The number of anilines is 1. The van der Waals surface area contributed by atoms with Gasteiger partial charge in [-0.3, -0.25) is 4.79 Å². The van der Waals surface area contributed by atoms with Crippen LogP contribution in [0, 0.1) is 11.2 Å². The average molecular weight is 379 g/mol. The van der Waals surface area contributed by atoms with E-state index in [-0.39, 0.29) is 17.1 Å². The number of piperidine rings is 1. The van der Waals surface area contributed by atoms with Crippen molar-refractivity contribution in [3.63, 3.8) is 0 Å². The summed E-state index contributed by atoms with van der Waals surface area (Å²) in [5.41, 5.74) is 2.19. The summed E-state index contributed by atoms with van der Waals surface area (Å²) in [5, 5.41) is 0. The molecule has 2 fully saturated rings. The van der Waals surface area contributed by atoms with E-state index < -0.39 is 0 Å². The van der Waals surface area contributed by atoms with Crippen molar-refractivity contribution in [2.45, 2.75) is 25.8 Å². The van der Waals surface area contributed by atoms with Crippen LogP contribution in [0.1, 0.15) is 24.8 Å². The minimum absolute atomic E-state index is 0.196. The summed E-state index contributed by atoms with van der Waals surface area (Å²) >= 11 is 0. The number of carbonyl (C=O) groups excluding carboxylic acids is 1. The second-order valence-corrected chi connectivity index (χ2v) is 7.87. The zero-order chi connectivity index (χ0) is 19.1. The lowest BCUT2D eigenvalue weighted by atomic mass is 9.78.